The van der Waals surface area contributed by atoms with Crippen LogP contribution in [0.15, 0.2) is 4.41 Å². The maximum Gasteiger partial charge on any atom is 0.338 e. The van der Waals surface area contributed by atoms with Crippen LogP contribution in [0.4, 0.5) is 0 Å². The van der Waals surface area contributed by atoms with Crippen molar-refractivity contribution < 1.29 is 14.7 Å². The molecule has 17 heavy (non-hydrogen) atoms. The van der Waals surface area contributed by atoms with Crippen molar-refractivity contribution in [1.29, 1.82) is 0 Å². The van der Waals surface area contributed by atoms with Gasteiger partial charge in [-0.3, -0.25) is 4.41 Å². The van der Waals surface area contributed by atoms with Gasteiger partial charge in [-0.25, -0.2) is 0 Å². The molecule has 0 atom stereocenters. The van der Waals surface area contributed by atoms with Crippen LogP contribution >= 0.6 is 7.74 Å². The van der Waals surface area contributed by atoms with Crippen molar-refractivity contribution in [2.45, 2.75) is 64.1 Å². The highest BCUT2D eigenvalue weighted by Gasteiger charge is 2.53. The van der Waals surface area contributed by atoms with Gasteiger partial charge in [-0.1, -0.05) is 46.3 Å². The third-order valence-corrected chi connectivity index (χ3v) is 18.0. The topological polar surface area (TPSA) is 73.1 Å². The lowest BCUT2D eigenvalue weighted by Gasteiger charge is -2.50. The highest BCUT2D eigenvalue weighted by atomic mass is 31.2. The molecule has 0 saturated heterocycles. The van der Waals surface area contributed by atoms with Crippen molar-refractivity contribution in [3.05, 3.63) is 0 Å². The summed E-state index contributed by atoms with van der Waals surface area (Å²) in [6.07, 6.45) is 1.98. The standard InChI is InChI=1S/C10H28NO3PSi2/c1-8-10(9-2,16(3,4)5)17(6,7)11-15(12,13)14/h12-14H,8-9H2,1-7H3. The predicted molar refractivity (Wildman–Crippen MR) is 80.1 cm³/mol. The van der Waals surface area contributed by atoms with Gasteiger partial charge in [0.05, 0.1) is 0 Å². The quantitative estimate of drug-likeness (QED) is 0.536. The second-order valence-corrected chi connectivity index (χ2v) is 18.1. The zero-order valence-electron chi connectivity index (χ0n) is 12.2. The summed E-state index contributed by atoms with van der Waals surface area (Å²) in [6.45, 7) is 15.3. The Kier molecular flexibility index (Phi) is 5.44. The molecule has 0 radical (unpaired) electrons. The van der Waals surface area contributed by atoms with Gasteiger partial charge in [-0.05, 0) is 17.8 Å². The van der Waals surface area contributed by atoms with Crippen molar-refractivity contribution in [1.82, 2.24) is 0 Å². The molecule has 7 heteroatoms. The Bertz CT molecular complexity index is 308. The van der Waals surface area contributed by atoms with Crippen molar-refractivity contribution >= 4 is 24.0 Å². The maximum absolute atomic E-state index is 9.28. The first-order chi connectivity index (χ1) is 7.33. The summed E-state index contributed by atoms with van der Waals surface area (Å²) >= 11 is 0. The summed E-state index contributed by atoms with van der Waals surface area (Å²) in [6, 6.07) is 0. The third kappa shape index (κ3) is 3.75. The highest BCUT2D eigenvalue weighted by Crippen LogP contribution is 2.55. The monoisotopic (exact) mass is 297 g/mol. The Morgan fingerprint density at radius 3 is 1.47 bits per heavy atom. The average molecular weight is 297 g/mol. The lowest BCUT2D eigenvalue weighted by Crippen LogP contribution is -2.54. The largest absolute Gasteiger partial charge is 0.338 e. The summed E-state index contributed by atoms with van der Waals surface area (Å²) in [4.78, 5) is 27.8. The molecule has 0 aromatic heterocycles. The molecule has 0 amide bonds. The van der Waals surface area contributed by atoms with Gasteiger partial charge in [0, 0.05) is 8.07 Å². The zero-order chi connectivity index (χ0) is 14.1. The fraction of sp³-hybridized carbons (Fsp3) is 1.00. The summed E-state index contributed by atoms with van der Waals surface area (Å²) < 4.78 is 4.16. The van der Waals surface area contributed by atoms with E-state index in [4.69, 9.17) is 0 Å². The highest BCUT2D eigenvalue weighted by molar-refractivity contribution is 7.49. The maximum atomic E-state index is 9.28. The second kappa shape index (κ2) is 5.27. The van der Waals surface area contributed by atoms with E-state index in [0.717, 1.165) is 12.8 Å². The van der Waals surface area contributed by atoms with E-state index in [-0.39, 0.29) is 4.66 Å². The molecule has 0 aliphatic carbocycles. The van der Waals surface area contributed by atoms with Crippen LogP contribution < -0.4 is 0 Å². The minimum Gasteiger partial charge on any atom is -0.319 e. The van der Waals surface area contributed by atoms with Crippen molar-refractivity contribution in [3.63, 3.8) is 0 Å². The van der Waals surface area contributed by atoms with Gasteiger partial charge in [-0.2, -0.15) is 0 Å². The molecule has 0 aromatic carbocycles. The molecule has 0 bridgehead atoms. The molecule has 0 saturated carbocycles. The Hall–Kier alpha value is 0.544. The van der Waals surface area contributed by atoms with Gasteiger partial charge in [0.2, 0.25) is 0 Å². The molecular weight excluding hydrogens is 269 g/mol. The molecule has 0 aliphatic heterocycles. The molecule has 0 spiro atoms. The van der Waals surface area contributed by atoms with E-state index in [0.29, 0.717) is 0 Å². The van der Waals surface area contributed by atoms with E-state index >= 15 is 0 Å². The smallest absolute Gasteiger partial charge is 0.319 e. The molecule has 0 rings (SSSR count). The van der Waals surface area contributed by atoms with Crippen LogP contribution in [0.25, 0.3) is 0 Å². The third-order valence-electron chi connectivity index (χ3n) is 4.20. The van der Waals surface area contributed by atoms with E-state index in [1.54, 1.807) is 0 Å². The molecule has 104 valence electrons. The molecule has 0 heterocycles. The van der Waals surface area contributed by atoms with E-state index in [1.165, 1.54) is 0 Å². The molecule has 0 fully saturated rings. The Morgan fingerprint density at radius 2 is 1.29 bits per heavy atom. The summed E-state index contributed by atoms with van der Waals surface area (Å²) in [5.41, 5.74) is 0. The fourth-order valence-corrected chi connectivity index (χ4v) is 18.6. The van der Waals surface area contributed by atoms with Gasteiger partial charge in [0.1, 0.15) is 0 Å². The van der Waals surface area contributed by atoms with Crippen molar-refractivity contribution in [3.8, 4) is 0 Å². The first-order valence-corrected chi connectivity index (χ1v) is 14.2. The molecule has 4 nitrogen and oxygen atoms in total. The first kappa shape index (κ1) is 17.5. The minimum absolute atomic E-state index is 0.0828. The fourth-order valence-electron chi connectivity index (χ4n) is 3.52. The first-order valence-electron chi connectivity index (χ1n) is 6.14. The Balaban J connectivity index is 5.81. The Labute approximate surface area is 107 Å². The van der Waals surface area contributed by atoms with Gasteiger partial charge >= 0.3 is 7.74 Å². The van der Waals surface area contributed by atoms with Gasteiger partial charge < -0.3 is 14.7 Å². The van der Waals surface area contributed by atoms with Crippen LogP contribution in [0.1, 0.15) is 26.7 Å². The summed E-state index contributed by atoms with van der Waals surface area (Å²) in [5.74, 6) is 0. The normalized spacial score (nSPS) is 14.9. The summed E-state index contributed by atoms with van der Waals surface area (Å²) in [5, 5.41) is 0. The van der Waals surface area contributed by atoms with Crippen LogP contribution in [0.5, 0.6) is 0 Å². The van der Waals surface area contributed by atoms with E-state index in [1.807, 2.05) is 13.1 Å². The molecule has 0 unspecified atom stereocenters. The van der Waals surface area contributed by atoms with Crippen molar-refractivity contribution in [2.75, 3.05) is 0 Å². The predicted octanol–water partition coefficient (Wildman–Crippen LogP) is 3.55. The number of nitrogens with zero attached hydrogens (tertiary/aromatic N) is 1. The summed E-state index contributed by atoms with van der Waals surface area (Å²) in [7, 11) is -7.81. The van der Waals surface area contributed by atoms with Crippen LogP contribution in [-0.2, 0) is 0 Å². The van der Waals surface area contributed by atoms with E-state index < -0.39 is 24.0 Å². The number of rotatable bonds is 5. The van der Waals surface area contributed by atoms with E-state index in [9.17, 15) is 14.7 Å². The van der Waals surface area contributed by atoms with Gasteiger partial charge in [-0.15, -0.1) is 0 Å². The SMILES string of the molecule is CCC(CC)([Si](C)(C)C)[Si](C)(C)N=P(O)(O)O. The molecular formula is C10H28NO3PSi2. The molecule has 0 aliphatic rings. The minimum atomic E-state index is -4.02. The van der Waals surface area contributed by atoms with Crippen LogP contribution in [0, 0.1) is 0 Å². The van der Waals surface area contributed by atoms with Crippen LogP contribution in [-0.4, -0.2) is 31.0 Å². The van der Waals surface area contributed by atoms with Crippen LogP contribution in [0.2, 0.25) is 37.4 Å². The average Bonchev–Trinajstić information content (AvgIpc) is 1.98. The lowest BCUT2D eigenvalue weighted by molar-refractivity contribution is 0.349. The zero-order valence-corrected chi connectivity index (χ0v) is 15.0. The Morgan fingerprint density at radius 1 is 0.941 bits per heavy atom. The second-order valence-electron chi connectivity index (χ2n) is 6.23. The van der Waals surface area contributed by atoms with Gasteiger partial charge in [0.25, 0.3) is 0 Å². The molecule has 0 aromatic rings. The number of hydrogen-bond donors (Lipinski definition) is 3. The molecule has 3 N–H and O–H groups in total. The number of hydrogen-bond acceptors (Lipinski definition) is 1. The van der Waals surface area contributed by atoms with Crippen molar-refractivity contribution in [2.24, 2.45) is 4.41 Å². The van der Waals surface area contributed by atoms with E-state index in [2.05, 4.69) is 37.9 Å². The van der Waals surface area contributed by atoms with Gasteiger partial charge in [0.15, 0.2) is 8.24 Å². The lowest BCUT2D eigenvalue weighted by atomic mass is 10.2. The van der Waals surface area contributed by atoms with Crippen LogP contribution in [0.3, 0.4) is 0 Å².